The Bertz CT molecular complexity index is 905. The lowest BCUT2D eigenvalue weighted by Gasteiger charge is -2.20. The zero-order valence-electron chi connectivity index (χ0n) is 14.0. The second kappa shape index (κ2) is 6.65. The molecule has 2 heterocycles. The molecule has 1 aromatic carbocycles. The summed E-state index contributed by atoms with van der Waals surface area (Å²) in [6.07, 6.45) is 0.910. The van der Waals surface area contributed by atoms with Crippen molar-refractivity contribution in [3.05, 3.63) is 35.0 Å². The van der Waals surface area contributed by atoms with Crippen LogP contribution < -0.4 is 10.2 Å². The number of nitrogens with zero attached hydrogens (tertiary/aromatic N) is 4. The predicted octanol–water partition coefficient (Wildman–Crippen LogP) is 2.81. The van der Waals surface area contributed by atoms with Crippen molar-refractivity contribution in [2.45, 2.75) is 20.3 Å². The molecule has 0 aliphatic rings. The lowest BCUT2D eigenvalue weighted by atomic mass is 10.2. The molecule has 0 bridgehead atoms. The van der Waals surface area contributed by atoms with Gasteiger partial charge >= 0.3 is 0 Å². The van der Waals surface area contributed by atoms with Crippen LogP contribution in [-0.4, -0.2) is 40.6 Å². The van der Waals surface area contributed by atoms with Gasteiger partial charge in [0.1, 0.15) is 10.8 Å². The first-order valence-corrected chi connectivity index (χ1v) is 8.32. The van der Waals surface area contributed by atoms with Gasteiger partial charge in [-0.2, -0.15) is 5.10 Å². The van der Waals surface area contributed by atoms with E-state index in [1.807, 2.05) is 50.1 Å². The molecule has 0 radical (unpaired) electrons. The lowest BCUT2D eigenvalue weighted by molar-refractivity contribution is -0.119. The molecule has 0 unspecified atom stereocenters. The van der Waals surface area contributed by atoms with Gasteiger partial charge in [0.05, 0.1) is 17.8 Å². The van der Waals surface area contributed by atoms with E-state index in [2.05, 4.69) is 15.4 Å². The number of rotatable bonds is 5. The number of halogens is 1. The molecule has 7 heteroatoms. The summed E-state index contributed by atoms with van der Waals surface area (Å²) in [4.78, 5) is 18.5. The second-order valence-electron chi connectivity index (χ2n) is 5.79. The van der Waals surface area contributed by atoms with E-state index in [9.17, 15) is 4.79 Å². The highest BCUT2D eigenvalue weighted by Gasteiger charge is 2.17. The Labute approximate surface area is 145 Å². The standard InChI is InChI=1S/C17H20ClN5O/c1-4-9-19-14(24)10-22(3)16-12-7-5-6-8-13(12)23-17(20-16)15(18)11(2)21-23/h5-8H,4,9-10H2,1-3H3,(H,19,24). The first-order valence-electron chi connectivity index (χ1n) is 7.94. The fourth-order valence-electron chi connectivity index (χ4n) is 2.67. The SMILES string of the molecule is CCCNC(=O)CN(C)c1nc2c(Cl)c(C)nn2c2ccccc12. The van der Waals surface area contributed by atoms with Gasteiger partial charge in [0.2, 0.25) is 5.91 Å². The van der Waals surface area contributed by atoms with E-state index in [1.54, 1.807) is 4.52 Å². The first kappa shape index (κ1) is 16.5. The molecule has 0 fully saturated rings. The van der Waals surface area contributed by atoms with Crippen LogP contribution >= 0.6 is 11.6 Å². The molecule has 0 spiro atoms. The number of nitrogens with one attached hydrogen (secondary N) is 1. The molecule has 0 saturated carbocycles. The third-order valence-corrected chi connectivity index (χ3v) is 4.31. The summed E-state index contributed by atoms with van der Waals surface area (Å²) < 4.78 is 1.75. The molecule has 0 aliphatic heterocycles. The summed E-state index contributed by atoms with van der Waals surface area (Å²) in [6, 6.07) is 7.84. The van der Waals surface area contributed by atoms with Gasteiger partial charge in [-0.1, -0.05) is 30.7 Å². The van der Waals surface area contributed by atoms with Crippen LogP contribution in [-0.2, 0) is 4.79 Å². The fourth-order valence-corrected chi connectivity index (χ4v) is 2.83. The fraction of sp³-hybridized carbons (Fsp3) is 0.353. The van der Waals surface area contributed by atoms with E-state index < -0.39 is 0 Å². The Hall–Kier alpha value is -2.34. The van der Waals surface area contributed by atoms with Crippen molar-refractivity contribution in [3.63, 3.8) is 0 Å². The molecule has 1 N–H and O–H groups in total. The molecular weight excluding hydrogens is 326 g/mol. The number of likely N-dealkylation sites (N-methyl/N-ethyl adjacent to an activating group) is 1. The number of carbonyl (C=O) groups is 1. The summed E-state index contributed by atoms with van der Waals surface area (Å²) in [6.45, 7) is 4.79. The largest absolute Gasteiger partial charge is 0.355 e. The Balaban J connectivity index is 2.08. The van der Waals surface area contributed by atoms with E-state index in [0.717, 1.165) is 23.0 Å². The molecule has 126 valence electrons. The van der Waals surface area contributed by atoms with Crippen LogP contribution in [0.1, 0.15) is 19.0 Å². The Morgan fingerprint density at radius 2 is 2.12 bits per heavy atom. The van der Waals surface area contributed by atoms with E-state index in [4.69, 9.17) is 11.6 Å². The highest BCUT2D eigenvalue weighted by molar-refractivity contribution is 6.34. The Morgan fingerprint density at radius 1 is 1.38 bits per heavy atom. The minimum atomic E-state index is -0.0270. The van der Waals surface area contributed by atoms with Crippen molar-refractivity contribution >= 4 is 39.9 Å². The number of anilines is 1. The van der Waals surface area contributed by atoms with E-state index in [0.29, 0.717) is 23.0 Å². The number of carbonyl (C=O) groups excluding carboxylic acids is 1. The summed E-state index contributed by atoms with van der Waals surface area (Å²) in [7, 11) is 1.86. The molecule has 3 rings (SSSR count). The normalized spacial score (nSPS) is 11.2. The minimum absolute atomic E-state index is 0.0270. The maximum absolute atomic E-state index is 12.0. The molecule has 0 saturated heterocycles. The van der Waals surface area contributed by atoms with Gasteiger partial charge in [-0.25, -0.2) is 9.50 Å². The number of aromatic nitrogens is 3. The number of amides is 1. The number of fused-ring (bicyclic) bond motifs is 3. The van der Waals surface area contributed by atoms with E-state index >= 15 is 0 Å². The summed E-state index contributed by atoms with van der Waals surface area (Å²) in [5.41, 5.74) is 2.24. The first-order chi connectivity index (χ1) is 11.5. The average molecular weight is 346 g/mol. The van der Waals surface area contributed by atoms with Crippen molar-refractivity contribution in [1.29, 1.82) is 0 Å². The number of para-hydroxylation sites is 1. The summed E-state index contributed by atoms with van der Waals surface area (Å²) in [5.74, 6) is 0.687. The Kier molecular flexibility index (Phi) is 4.57. The van der Waals surface area contributed by atoms with Crippen molar-refractivity contribution < 1.29 is 4.79 Å². The van der Waals surface area contributed by atoms with Crippen molar-refractivity contribution in [2.75, 3.05) is 25.0 Å². The average Bonchev–Trinajstić information content (AvgIpc) is 2.87. The predicted molar refractivity (Wildman–Crippen MR) is 96.8 cm³/mol. The lowest BCUT2D eigenvalue weighted by Crippen LogP contribution is -2.36. The van der Waals surface area contributed by atoms with Crippen LogP contribution in [0, 0.1) is 6.92 Å². The zero-order valence-corrected chi connectivity index (χ0v) is 14.8. The maximum atomic E-state index is 12.0. The molecule has 0 aliphatic carbocycles. The number of benzene rings is 1. The number of hydrogen-bond donors (Lipinski definition) is 1. The number of aryl methyl sites for hydroxylation is 1. The molecule has 6 nitrogen and oxygen atoms in total. The van der Waals surface area contributed by atoms with Crippen molar-refractivity contribution in [3.8, 4) is 0 Å². The highest BCUT2D eigenvalue weighted by atomic mass is 35.5. The van der Waals surface area contributed by atoms with Crippen LogP contribution in [0.25, 0.3) is 16.6 Å². The Morgan fingerprint density at radius 3 is 2.88 bits per heavy atom. The highest BCUT2D eigenvalue weighted by Crippen LogP contribution is 2.29. The zero-order chi connectivity index (χ0) is 17.3. The summed E-state index contributed by atoms with van der Waals surface area (Å²) in [5, 5.41) is 8.81. The van der Waals surface area contributed by atoms with Crippen molar-refractivity contribution in [1.82, 2.24) is 19.9 Å². The molecule has 3 aromatic rings. The van der Waals surface area contributed by atoms with Crippen LogP contribution in [0.5, 0.6) is 0 Å². The molecule has 24 heavy (non-hydrogen) atoms. The smallest absolute Gasteiger partial charge is 0.239 e. The van der Waals surface area contributed by atoms with Crippen LogP contribution in [0.2, 0.25) is 5.02 Å². The van der Waals surface area contributed by atoms with Crippen LogP contribution in [0.15, 0.2) is 24.3 Å². The van der Waals surface area contributed by atoms with Gasteiger partial charge in [0.25, 0.3) is 0 Å². The van der Waals surface area contributed by atoms with Gasteiger partial charge in [0, 0.05) is 19.0 Å². The van der Waals surface area contributed by atoms with Gasteiger partial charge in [-0.3, -0.25) is 4.79 Å². The van der Waals surface area contributed by atoms with Gasteiger partial charge in [-0.05, 0) is 25.5 Å². The monoisotopic (exact) mass is 345 g/mol. The van der Waals surface area contributed by atoms with Gasteiger partial charge in [-0.15, -0.1) is 0 Å². The van der Waals surface area contributed by atoms with Crippen molar-refractivity contribution in [2.24, 2.45) is 0 Å². The van der Waals surface area contributed by atoms with E-state index in [-0.39, 0.29) is 12.5 Å². The third-order valence-electron chi connectivity index (χ3n) is 3.86. The van der Waals surface area contributed by atoms with Crippen LogP contribution in [0.3, 0.4) is 0 Å². The van der Waals surface area contributed by atoms with Gasteiger partial charge < -0.3 is 10.2 Å². The van der Waals surface area contributed by atoms with E-state index in [1.165, 1.54) is 0 Å². The molecule has 0 atom stereocenters. The maximum Gasteiger partial charge on any atom is 0.239 e. The second-order valence-corrected chi connectivity index (χ2v) is 6.17. The van der Waals surface area contributed by atoms with Crippen LogP contribution in [0.4, 0.5) is 5.82 Å². The quantitative estimate of drug-likeness (QED) is 0.772. The summed E-state index contributed by atoms with van der Waals surface area (Å²) >= 11 is 6.35. The minimum Gasteiger partial charge on any atom is -0.355 e. The topological polar surface area (TPSA) is 62.5 Å². The number of hydrogen-bond acceptors (Lipinski definition) is 4. The van der Waals surface area contributed by atoms with Gasteiger partial charge in [0.15, 0.2) is 5.65 Å². The molecule has 1 amide bonds. The molecular formula is C17H20ClN5O. The molecule has 2 aromatic heterocycles. The third kappa shape index (κ3) is 2.89.